The van der Waals surface area contributed by atoms with Crippen molar-refractivity contribution >= 4 is 17.4 Å². The largest absolute Gasteiger partial charge is 0.351 e. The van der Waals surface area contributed by atoms with Gasteiger partial charge in [0.15, 0.2) is 0 Å². The second-order valence-corrected chi connectivity index (χ2v) is 5.16. The number of hydrogen-bond acceptors (Lipinski definition) is 4. The van der Waals surface area contributed by atoms with Crippen LogP contribution >= 0.6 is 11.5 Å². The first-order valence-electron chi connectivity index (χ1n) is 5.84. The third kappa shape index (κ3) is 2.78. The van der Waals surface area contributed by atoms with E-state index < -0.39 is 0 Å². The van der Waals surface area contributed by atoms with Crippen molar-refractivity contribution in [3.8, 4) is 0 Å². The van der Waals surface area contributed by atoms with Crippen LogP contribution < -0.4 is 5.32 Å². The van der Waals surface area contributed by atoms with E-state index in [0.717, 1.165) is 12.2 Å². The molecule has 0 aromatic carbocycles. The zero-order chi connectivity index (χ0) is 11.4. The van der Waals surface area contributed by atoms with Crippen LogP contribution in [0.25, 0.3) is 0 Å². The van der Waals surface area contributed by atoms with Gasteiger partial charge in [-0.3, -0.25) is 4.79 Å². The molecule has 0 aliphatic heterocycles. The van der Waals surface area contributed by atoms with Crippen LogP contribution in [0.3, 0.4) is 0 Å². The molecule has 0 unspecified atom stereocenters. The maximum absolute atomic E-state index is 11.8. The SMILES string of the molecule is Cc1nnsc1C(=O)NCC1CCCCC1. The summed E-state index contributed by atoms with van der Waals surface area (Å²) in [5.41, 5.74) is 0.728. The molecule has 5 heteroatoms. The summed E-state index contributed by atoms with van der Waals surface area (Å²) in [5.74, 6) is 0.650. The van der Waals surface area contributed by atoms with E-state index in [4.69, 9.17) is 0 Å². The van der Waals surface area contributed by atoms with Crippen LogP contribution in [0.5, 0.6) is 0 Å². The van der Waals surface area contributed by atoms with Gasteiger partial charge in [0.1, 0.15) is 4.88 Å². The third-order valence-electron chi connectivity index (χ3n) is 3.13. The molecule has 0 radical (unpaired) electrons. The van der Waals surface area contributed by atoms with Crippen molar-refractivity contribution in [3.63, 3.8) is 0 Å². The molecule has 1 heterocycles. The predicted molar refractivity (Wildman–Crippen MR) is 63.6 cm³/mol. The second-order valence-electron chi connectivity index (χ2n) is 4.40. The van der Waals surface area contributed by atoms with E-state index in [-0.39, 0.29) is 5.91 Å². The van der Waals surface area contributed by atoms with Crippen LogP contribution in [0.1, 0.15) is 47.5 Å². The minimum Gasteiger partial charge on any atom is -0.351 e. The van der Waals surface area contributed by atoms with Gasteiger partial charge in [0.25, 0.3) is 5.91 Å². The summed E-state index contributed by atoms with van der Waals surface area (Å²) >= 11 is 1.17. The Labute approximate surface area is 99.6 Å². The predicted octanol–water partition coefficient (Wildman–Crippen LogP) is 2.16. The first-order chi connectivity index (χ1) is 7.77. The van der Waals surface area contributed by atoms with Crippen LogP contribution in [-0.2, 0) is 0 Å². The van der Waals surface area contributed by atoms with Crippen LogP contribution in [0.2, 0.25) is 0 Å². The lowest BCUT2D eigenvalue weighted by Crippen LogP contribution is -2.30. The maximum atomic E-state index is 11.8. The molecule has 1 amide bonds. The van der Waals surface area contributed by atoms with E-state index in [9.17, 15) is 4.79 Å². The Morgan fingerprint density at radius 2 is 2.19 bits per heavy atom. The molecule has 0 bridgehead atoms. The zero-order valence-electron chi connectivity index (χ0n) is 9.53. The lowest BCUT2D eigenvalue weighted by molar-refractivity contribution is 0.0947. The Balaban J connectivity index is 1.81. The Bertz CT molecular complexity index is 358. The number of nitrogens with one attached hydrogen (secondary N) is 1. The van der Waals surface area contributed by atoms with Crippen LogP contribution in [0.4, 0.5) is 0 Å². The minimum atomic E-state index is -0.0157. The molecule has 2 rings (SSSR count). The number of carbonyl (C=O) groups excluding carboxylic acids is 1. The molecular weight excluding hydrogens is 222 g/mol. The molecule has 0 atom stereocenters. The van der Waals surface area contributed by atoms with Crippen molar-refractivity contribution in [2.75, 3.05) is 6.54 Å². The summed E-state index contributed by atoms with van der Waals surface area (Å²) in [6.45, 7) is 2.62. The molecule has 16 heavy (non-hydrogen) atoms. The first-order valence-corrected chi connectivity index (χ1v) is 6.62. The summed E-state index contributed by atoms with van der Waals surface area (Å²) in [4.78, 5) is 12.4. The zero-order valence-corrected chi connectivity index (χ0v) is 10.3. The van der Waals surface area contributed by atoms with Crippen molar-refractivity contribution in [1.82, 2.24) is 14.9 Å². The van der Waals surface area contributed by atoms with E-state index >= 15 is 0 Å². The smallest absolute Gasteiger partial charge is 0.264 e. The minimum absolute atomic E-state index is 0.0157. The van der Waals surface area contributed by atoms with Gasteiger partial charge in [-0.1, -0.05) is 23.8 Å². The molecule has 4 nitrogen and oxygen atoms in total. The normalized spacial score (nSPS) is 17.3. The number of nitrogens with zero attached hydrogens (tertiary/aromatic N) is 2. The Morgan fingerprint density at radius 3 is 2.81 bits per heavy atom. The lowest BCUT2D eigenvalue weighted by atomic mass is 9.89. The fraction of sp³-hybridized carbons (Fsp3) is 0.727. The number of carbonyl (C=O) groups is 1. The van der Waals surface area contributed by atoms with Crippen molar-refractivity contribution in [1.29, 1.82) is 0 Å². The molecule has 1 aliphatic rings. The lowest BCUT2D eigenvalue weighted by Gasteiger charge is -2.21. The average molecular weight is 239 g/mol. The quantitative estimate of drug-likeness (QED) is 0.879. The highest BCUT2D eigenvalue weighted by molar-refractivity contribution is 7.07. The van der Waals surface area contributed by atoms with Gasteiger partial charge in [-0.05, 0) is 37.2 Å². The van der Waals surface area contributed by atoms with E-state index in [0.29, 0.717) is 10.8 Å². The number of rotatable bonds is 3. The molecule has 1 aromatic rings. The third-order valence-corrected chi connectivity index (χ3v) is 3.96. The molecule has 1 saturated carbocycles. The van der Waals surface area contributed by atoms with Crippen LogP contribution in [0.15, 0.2) is 0 Å². The Hall–Kier alpha value is -0.970. The van der Waals surface area contributed by atoms with Gasteiger partial charge in [0.2, 0.25) is 0 Å². The summed E-state index contributed by atoms with van der Waals surface area (Å²) in [5, 5.41) is 6.83. The van der Waals surface area contributed by atoms with Crippen molar-refractivity contribution in [2.45, 2.75) is 39.0 Å². The number of amides is 1. The molecule has 1 fully saturated rings. The Kier molecular flexibility index (Phi) is 3.88. The topological polar surface area (TPSA) is 54.9 Å². The molecule has 1 aliphatic carbocycles. The average Bonchev–Trinajstić information content (AvgIpc) is 2.74. The van der Waals surface area contributed by atoms with E-state index in [2.05, 4.69) is 14.9 Å². The van der Waals surface area contributed by atoms with Crippen molar-refractivity contribution in [3.05, 3.63) is 10.6 Å². The van der Waals surface area contributed by atoms with Crippen LogP contribution in [-0.4, -0.2) is 22.0 Å². The molecule has 1 aromatic heterocycles. The monoisotopic (exact) mass is 239 g/mol. The van der Waals surface area contributed by atoms with Gasteiger partial charge in [-0.25, -0.2) is 0 Å². The van der Waals surface area contributed by atoms with Gasteiger partial charge in [-0.15, -0.1) is 5.10 Å². The van der Waals surface area contributed by atoms with Gasteiger partial charge >= 0.3 is 0 Å². The fourth-order valence-electron chi connectivity index (χ4n) is 2.15. The molecular formula is C11H17N3OS. The van der Waals surface area contributed by atoms with Gasteiger partial charge in [-0.2, -0.15) is 0 Å². The van der Waals surface area contributed by atoms with Gasteiger partial charge in [0, 0.05) is 6.54 Å². The molecule has 0 spiro atoms. The highest BCUT2D eigenvalue weighted by atomic mass is 32.1. The fourth-order valence-corrected chi connectivity index (χ4v) is 2.72. The highest BCUT2D eigenvalue weighted by Gasteiger charge is 2.17. The summed E-state index contributed by atoms with van der Waals surface area (Å²) in [6.07, 6.45) is 6.46. The number of hydrogen-bond donors (Lipinski definition) is 1. The summed E-state index contributed by atoms with van der Waals surface area (Å²) in [6, 6.07) is 0. The van der Waals surface area contributed by atoms with Gasteiger partial charge in [0.05, 0.1) is 5.69 Å². The second kappa shape index (κ2) is 5.39. The summed E-state index contributed by atoms with van der Waals surface area (Å²) in [7, 11) is 0. The number of aromatic nitrogens is 2. The molecule has 1 N–H and O–H groups in total. The van der Waals surface area contributed by atoms with Crippen molar-refractivity contribution in [2.24, 2.45) is 5.92 Å². The molecule has 88 valence electrons. The van der Waals surface area contributed by atoms with Crippen LogP contribution in [0, 0.1) is 12.8 Å². The number of aryl methyl sites for hydroxylation is 1. The van der Waals surface area contributed by atoms with E-state index in [1.54, 1.807) is 0 Å². The first kappa shape index (κ1) is 11.5. The standard InChI is InChI=1S/C11H17N3OS/c1-8-10(16-14-13-8)11(15)12-7-9-5-3-2-4-6-9/h9H,2-7H2,1H3,(H,12,15). The Morgan fingerprint density at radius 1 is 1.44 bits per heavy atom. The summed E-state index contributed by atoms with van der Waals surface area (Å²) < 4.78 is 3.77. The van der Waals surface area contributed by atoms with Gasteiger partial charge < -0.3 is 5.32 Å². The molecule has 0 saturated heterocycles. The van der Waals surface area contributed by atoms with E-state index in [1.165, 1.54) is 43.6 Å². The van der Waals surface area contributed by atoms with E-state index in [1.807, 2.05) is 6.92 Å². The highest BCUT2D eigenvalue weighted by Crippen LogP contribution is 2.22. The maximum Gasteiger partial charge on any atom is 0.264 e. The van der Waals surface area contributed by atoms with Crippen molar-refractivity contribution < 1.29 is 4.79 Å².